The summed E-state index contributed by atoms with van der Waals surface area (Å²) in [5.41, 5.74) is 0.764. The molecule has 0 aliphatic heterocycles. The van der Waals surface area contributed by atoms with E-state index < -0.39 is 10.9 Å². The van der Waals surface area contributed by atoms with Crippen molar-refractivity contribution in [2.75, 3.05) is 0 Å². The van der Waals surface area contributed by atoms with Crippen molar-refractivity contribution in [2.45, 2.75) is 12.3 Å². The molecule has 1 aliphatic carbocycles. The van der Waals surface area contributed by atoms with Gasteiger partial charge in [-0.05, 0) is 17.9 Å². The van der Waals surface area contributed by atoms with Gasteiger partial charge in [0.15, 0.2) is 0 Å². The van der Waals surface area contributed by atoms with Gasteiger partial charge in [-0.1, -0.05) is 12.1 Å². The highest BCUT2D eigenvalue weighted by Gasteiger charge is 2.44. The van der Waals surface area contributed by atoms with E-state index in [0.717, 1.165) is 5.56 Å². The first-order chi connectivity index (χ1) is 7.09. The maximum absolute atomic E-state index is 10.6. The Morgan fingerprint density at radius 1 is 1.53 bits per heavy atom. The number of benzene rings is 1. The van der Waals surface area contributed by atoms with Crippen LogP contribution in [-0.2, 0) is 4.79 Å². The molecule has 0 aromatic heterocycles. The van der Waals surface area contributed by atoms with Gasteiger partial charge in [0.1, 0.15) is 0 Å². The first-order valence-corrected chi connectivity index (χ1v) is 4.57. The van der Waals surface area contributed by atoms with Crippen LogP contribution in [0.15, 0.2) is 24.3 Å². The van der Waals surface area contributed by atoms with E-state index in [1.54, 1.807) is 12.1 Å². The normalized spacial score (nSPS) is 23.5. The fraction of sp³-hybridized carbons (Fsp3) is 0.300. The number of carbonyl (C=O) groups is 1. The molecule has 1 fully saturated rings. The lowest BCUT2D eigenvalue weighted by Crippen LogP contribution is -1.99. The average molecular weight is 207 g/mol. The van der Waals surface area contributed by atoms with E-state index in [9.17, 15) is 14.9 Å². The van der Waals surface area contributed by atoms with Crippen LogP contribution in [0.4, 0.5) is 5.69 Å². The van der Waals surface area contributed by atoms with Crippen molar-refractivity contribution < 1.29 is 14.8 Å². The standard InChI is InChI=1S/C10H9NO4/c12-10(13)9-5-8(9)6-2-1-3-7(4-6)11(14)15/h1-4,8-9H,5H2,(H,12,13)/t8-,9-/m1/s1. The zero-order valence-electron chi connectivity index (χ0n) is 7.79. The Labute approximate surface area is 85.5 Å². The Hall–Kier alpha value is -1.91. The zero-order valence-corrected chi connectivity index (χ0v) is 7.79. The Kier molecular flexibility index (Phi) is 2.15. The molecule has 5 nitrogen and oxygen atoms in total. The monoisotopic (exact) mass is 207 g/mol. The van der Waals surface area contributed by atoms with Gasteiger partial charge in [0, 0.05) is 12.1 Å². The highest BCUT2D eigenvalue weighted by molar-refractivity contribution is 5.75. The van der Waals surface area contributed by atoms with Gasteiger partial charge in [0.05, 0.1) is 10.8 Å². The summed E-state index contributed by atoms with van der Waals surface area (Å²) in [7, 11) is 0. The van der Waals surface area contributed by atoms with E-state index in [0.29, 0.717) is 6.42 Å². The van der Waals surface area contributed by atoms with Gasteiger partial charge in [0.2, 0.25) is 0 Å². The Morgan fingerprint density at radius 2 is 2.27 bits per heavy atom. The predicted molar refractivity (Wildman–Crippen MR) is 51.6 cm³/mol. The van der Waals surface area contributed by atoms with Crippen molar-refractivity contribution in [3.63, 3.8) is 0 Å². The van der Waals surface area contributed by atoms with Crippen LogP contribution in [0.3, 0.4) is 0 Å². The number of hydrogen-bond acceptors (Lipinski definition) is 3. The Bertz CT molecular complexity index is 429. The van der Waals surface area contributed by atoms with Gasteiger partial charge in [-0.2, -0.15) is 0 Å². The third-order valence-electron chi connectivity index (χ3n) is 2.62. The minimum atomic E-state index is -0.827. The second kappa shape index (κ2) is 3.34. The summed E-state index contributed by atoms with van der Waals surface area (Å²) in [5, 5.41) is 19.2. The minimum Gasteiger partial charge on any atom is -0.481 e. The molecule has 0 amide bonds. The topological polar surface area (TPSA) is 80.4 Å². The lowest BCUT2D eigenvalue weighted by Gasteiger charge is -1.97. The number of nitro benzene ring substituents is 1. The average Bonchev–Trinajstić information content (AvgIpc) is 2.97. The van der Waals surface area contributed by atoms with Crippen LogP contribution in [-0.4, -0.2) is 16.0 Å². The molecule has 0 radical (unpaired) electrons. The smallest absolute Gasteiger partial charge is 0.307 e. The third kappa shape index (κ3) is 1.81. The maximum Gasteiger partial charge on any atom is 0.307 e. The third-order valence-corrected chi connectivity index (χ3v) is 2.62. The Morgan fingerprint density at radius 3 is 2.80 bits per heavy atom. The van der Waals surface area contributed by atoms with E-state index in [2.05, 4.69) is 0 Å². The quantitative estimate of drug-likeness (QED) is 0.605. The molecule has 0 saturated heterocycles. The molecule has 5 heteroatoms. The van der Waals surface area contributed by atoms with Gasteiger partial charge in [0.25, 0.3) is 5.69 Å². The summed E-state index contributed by atoms with van der Waals surface area (Å²) in [6, 6.07) is 6.18. The van der Waals surface area contributed by atoms with Crippen molar-refractivity contribution >= 4 is 11.7 Å². The van der Waals surface area contributed by atoms with E-state index in [-0.39, 0.29) is 17.5 Å². The molecule has 1 N–H and O–H groups in total. The first-order valence-electron chi connectivity index (χ1n) is 4.57. The van der Waals surface area contributed by atoms with Crippen LogP contribution in [0, 0.1) is 16.0 Å². The molecule has 0 heterocycles. The van der Waals surface area contributed by atoms with Crippen molar-refractivity contribution in [1.29, 1.82) is 0 Å². The second-order valence-electron chi connectivity index (χ2n) is 3.64. The number of hydrogen-bond donors (Lipinski definition) is 1. The molecular weight excluding hydrogens is 198 g/mol. The van der Waals surface area contributed by atoms with Crippen molar-refractivity contribution in [2.24, 2.45) is 5.92 Å². The number of rotatable bonds is 3. The van der Waals surface area contributed by atoms with Crippen molar-refractivity contribution in [1.82, 2.24) is 0 Å². The van der Waals surface area contributed by atoms with Gasteiger partial charge in [-0.25, -0.2) is 0 Å². The van der Waals surface area contributed by atoms with E-state index in [4.69, 9.17) is 5.11 Å². The molecule has 2 atom stereocenters. The van der Waals surface area contributed by atoms with Crippen molar-refractivity contribution in [3.8, 4) is 0 Å². The minimum absolute atomic E-state index is 0.0172. The number of carboxylic acid groups (broad SMARTS) is 1. The second-order valence-corrected chi connectivity index (χ2v) is 3.64. The number of aliphatic carboxylic acids is 1. The molecule has 1 aliphatic rings. The maximum atomic E-state index is 10.6. The molecule has 1 aromatic carbocycles. The van der Waals surface area contributed by atoms with Crippen LogP contribution < -0.4 is 0 Å². The lowest BCUT2D eigenvalue weighted by molar-refractivity contribution is -0.384. The predicted octanol–water partition coefficient (Wildman–Crippen LogP) is 1.78. The van der Waals surface area contributed by atoms with Crippen molar-refractivity contribution in [3.05, 3.63) is 39.9 Å². The largest absolute Gasteiger partial charge is 0.481 e. The van der Waals surface area contributed by atoms with E-state index in [1.165, 1.54) is 12.1 Å². The van der Waals surface area contributed by atoms with E-state index in [1.807, 2.05) is 0 Å². The first kappa shape index (κ1) is 9.64. The van der Waals surface area contributed by atoms with E-state index >= 15 is 0 Å². The van der Waals surface area contributed by atoms with Gasteiger partial charge in [-0.15, -0.1) is 0 Å². The molecule has 0 spiro atoms. The molecule has 78 valence electrons. The molecule has 15 heavy (non-hydrogen) atoms. The Balaban J connectivity index is 2.20. The summed E-state index contributed by atoms with van der Waals surface area (Å²) >= 11 is 0. The lowest BCUT2D eigenvalue weighted by atomic mass is 10.1. The summed E-state index contributed by atoms with van der Waals surface area (Å²) < 4.78 is 0. The van der Waals surface area contributed by atoms with Gasteiger partial charge in [-0.3, -0.25) is 14.9 Å². The number of nitrogens with zero attached hydrogens (tertiary/aromatic N) is 1. The highest BCUT2D eigenvalue weighted by atomic mass is 16.6. The SMILES string of the molecule is O=C(O)[C@@H]1C[C@@H]1c1cccc([N+](=O)[O-])c1. The fourth-order valence-corrected chi connectivity index (χ4v) is 1.71. The van der Waals surface area contributed by atoms with Gasteiger partial charge >= 0.3 is 5.97 Å². The molecule has 0 bridgehead atoms. The number of nitro groups is 1. The summed E-state index contributed by atoms with van der Waals surface area (Å²) in [6.07, 6.45) is 0.580. The number of carboxylic acids is 1. The zero-order chi connectivity index (χ0) is 11.0. The molecule has 1 aromatic rings. The summed E-state index contributed by atoms with van der Waals surface area (Å²) in [4.78, 5) is 20.7. The molecule has 2 rings (SSSR count). The molecular formula is C10H9NO4. The molecule has 0 unspecified atom stereocenters. The summed E-state index contributed by atoms with van der Waals surface area (Å²) in [6.45, 7) is 0. The molecule has 1 saturated carbocycles. The van der Waals surface area contributed by atoms with Crippen LogP contribution in [0.2, 0.25) is 0 Å². The van der Waals surface area contributed by atoms with Crippen LogP contribution >= 0.6 is 0 Å². The summed E-state index contributed by atoms with van der Waals surface area (Å²) in [5.74, 6) is -1.25. The fourth-order valence-electron chi connectivity index (χ4n) is 1.71. The number of non-ortho nitro benzene ring substituents is 1. The highest BCUT2D eigenvalue weighted by Crippen LogP contribution is 2.47. The van der Waals surface area contributed by atoms with Crippen LogP contribution in [0.25, 0.3) is 0 Å². The van der Waals surface area contributed by atoms with Gasteiger partial charge < -0.3 is 5.11 Å². The van der Waals surface area contributed by atoms with Crippen LogP contribution in [0.1, 0.15) is 17.9 Å². The van der Waals surface area contributed by atoms with Crippen LogP contribution in [0.5, 0.6) is 0 Å².